The summed E-state index contributed by atoms with van der Waals surface area (Å²) in [5.41, 5.74) is 0.701. The lowest BCUT2D eigenvalue weighted by Crippen LogP contribution is -2.58. The molecule has 4 saturated carbocycles. The minimum Gasteiger partial charge on any atom is -0.344 e. The first-order valence-electron chi connectivity index (χ1n) is 11.1. The van der Waals surface area contributed by atoms with Gasteiger partial charge in [0.2, 0.25) is 11.8 Å². The molecule has 154 valence electrons. The van der Waals surface area contributed by atoms with E-state index < -0.39 is 6.04 Å². The average Bonchev–Trinajstić information content (AvgIpc) is 2.68. The van der Waals surface area contributed by atoms with E-state index in [-0.39, 0.29) is 29.7 Å². The molecule has 1 unspecified atom stereocenters. The van der Waals surface area contributed by atoms with Crippen LogP contribution in [0.1, 0.15) is 57.9 Å². The van der Waals surface area contributed by atoms with E-state index in [0.717, 1.165) is 24.8 Å². The van der Waals surface area contributed by atoms with Crippen molar-refractivity contribution in [2.24, 2.45) is 29.1 Å². The molecule has 0 saturated heterocycles. The lowest BCUT2D eigenvalue weighted by molar-refractivity contribution is -0.149. The number of amides is 2. The van der Waals surface area contributed by atoms with Gasteiger partial charge in [0.05, 0.1) is 6.54 Å². The molecular weight excluding hydrogens is 360 g/mol. The molecule has 4 aliphatic rings. The van der Waals surface area contributed by atoms with Gasteiger partial charge in [-0.05, 0) is 74.3 Å². The minimum absolute atomic E-state index is 0.0370. The van der Waals surface area contributed by atoms with Crippen LogP contribution in [0.25, 0.3) is 0 Å². The van der Waals surface area contributed by atoms with E-state index in [1.165, 1.54) is 19.3 Å². The molecule has 1 atom stereocenters. The Bertz CT molecular complexity index is 783. The standard InChI is InChI=1S/C25H32N2O2/c1-17(2)22(23(28)26-10-6-9-18-7-4-3-5-8-18)27-24(29)25-14-19-11-20(15-25)13-21(12-19)16-25/h3-5,7-8,17,19-22H,10-16H2,1-2H3,(H,26,28)(H,27,29). The third kappa shape index (κ3) is 4.34. The fourth-order valence-electron chi connectivity index (χ4n) is 6.13. The van der Waals surface area contributed by atoms with Crippen LogP contribution in [0.5, 0.6) is 0 Å². The van der Waals surface area contributed by atoms with Crippen molar-refractivity contribution in [1.29, 1.82) is 0 Å². The predicted octanol–water partition coefficient (Wildman–Crippen LogP) is 3.51. The highest BCUT2D eigenvalue weighted by Crippen LogP contribution is 2.60. The summed E-state index contributed by atoms with van der Waals surface area (Å²) in [6.45, 7) is 4.25. The molecule has 4 fully saturated rings. The summed E-state index contributed by atoms with van der Waals surface area (Å²) in [5, 5.41) is 6.02. The highest BCUT2D eigenvalue weighted by atomic mass is 16.2. The molecule has 0 radical (unpaired) electrons. The van der Waals surface area contributed by atoms with E-state index in [4.69, 9.17) is 0 Å². The van der Waals surface area contributed by atoms with Crippen molar-refractivity contribution in [3.63, 3.8) is 0 Å². The van der Waals surface area contributed by atoms with E-state index in [2.05, 4.69) is 22.5 Å². The minimum atomic E-state index is -0.506. The zero-order valence-electron chi connectivity index (χ0n) is 17.5. The van der Waals surface area contributed by atoms with Gasteiger partial charge in [0.25, 0.3) is 0 Å². The van der Waals surface area contributed by atoms with E-state index in [9.17, 15) is 9.59 Å². The van der Waals surface area contributed by atoms with Crippen molar-refractivity contribution in [3.05, 3.63) is 35.9 Å². The number of carbonyl (C=O) groups is 2. The third-order valence-corrected chi connectivity index (χ3v) is 7.11. The van der Waals surface area contributed by atoms with E-state index >= 15 is 0 Å². The maximum Gasteiger partial charge on any atom is 0.243 e. The van der Waals surface area contributed by atoms with Gasteiger partial charge in [-0.3, -0.25) is 9.59 Å². The summed E-state index contributed by atoms with van der Waals surface area (Å²) in [5.74, 6) is 8.19. The quantitative estimate of drug-likeness (QED) is 0.754. The molecule has 29 heavy (non-hydrogen) atoms. The average molecular weight is 393 g/mol. The van der Waals surface area contributed by atoms with Crippen molar-refractivity contribution >= 4 is 11.8 Å². The molecule has 1 aromatic carbocycles. The lowest BCUT2D eigenvalue weighted by Gasteiger charge is -2.55. The number of rotatable bonds is 5. The maximum atomic E-state index is 13.3. The van der Waals surface area contributed by atoms with Crippen LogP contribution in [-0.2, 0) is 9.59 Å². The molecule has 0 aliphatic heterocycles. The van der Waals surface area contributed by atoms with Crippen LogP contribution < -0.4 is 10.6 Å². The fraction of sp³-hybridized carbons (Fsp3) is 0.600. The molecule has 2 amide bonds. The van der Waals surface area contributed by atoms with Crippen LogP contribution >= 0.6 is 0 Å². The van der Waals surface area contributed by atoms with E-state index in [0.29, 0.717) is 17.8 Å². The molecule has 4 nitrogen and oxygen atoms in total. The van der Waals surface area contributed by atoms with Crippen molar-refractivity contribution in [3.8, 4) is 11.8 Å². The Kier molecular flexibility index (Phi) is 5.67. The van der Waals surface area contributed by atoms with Gasteiger partial charge < -0.3 is 10.6 Å². The number of hydrogen-bond acceptors (Lipinski definition) is 2. The Labute approximate surface area is 174 Å². The Morgan fingerprint density at radius 3 is 2.17 bits per heavy atom. The smallest absolute Gasteiger partial charge is 0.243 e. The van der Waals surface area contributed by atoms with Crippen LogP contribution in [0.2, 0.25) is 0 Å². The highest BCUT2D eigenvalue weighted by molar-refractivity contribution is 5.90. The van der Waals surface area contributed by atoms with Gasteiger partial charge in [-0.15, -0.1) is 0 Å². The van der Waals surface area contributed by atoms with Gasteiger partial charge in [0.15, 0.2) is 0 Å². The summed E-state index contributed by atoms with van der Waals surface area (Å²) < 4.78 is 0. The second kappa shape index (κ2) is 8.22. The monoisotopic (exact) mass is 392 g/mol. The van der Waals surface area contributed by atoms with Crippen molar-refractivity contribution in [2.45, 2.75) is 58.4 Å². The number of hydrogen-bond donors (Lipinski definition) is 2. The summed E-state index contributed by atoms with van der Waals surface area (Å²) in [6, 6.07) is 9.21. The largest absolute Gasteiger partial charge is 0.344 e. The maximum absolute atomic E-state index is 13.3. The Hall–Kier alpha value is -2.28. The van der Waals surface area contributed by atoms with Gasteiger partial charge in [0, 0.05) is 11.0 Å². The first-order chi connectivity index (χ1) is 13.9. The molecule has 2 N–H and O–H groups in total. The zero-order chi connectivity index (χ0) is 20.4. The van der Waals surface area contributed by atoms with E-state index in [1.54, 1.807) is 0 Å². The highest BCUT2D eigenvalue weighted by Gasteiger charge is 2.55. The molecule has 4 heteroatoms. The summed E-state index contributed by atoms with van der Waals surface area (Å²) in [7, 11) is 0. The summed E-state index contributed by atoms with van der Waals surface area (Å²) in [4.78, 5) is 26.1. The Morgan fingerprint density at radius 2 is 1.62 bits per heavy atom. The zero-order valence-corrected chi connectivity index (χ0v) is 17.5. The van der Waals surface area contributed by atoms with Crippen LogP contribution in [-0.4, -0.2) is 24.4 Å². The molecule has 0 spiro atoms. The SMILES string of the molecule is CC(C)C(NC(=O)C12CC3CC(CC(C3)C1)C2)C(=O)NCC#Cc1ccccc1. The van der Waals surface area contributed by atoms with Crippen LogP contribution in [0.4, 0.5) is 0 Å². The number of nitrogens with one attached hydrogen (secondary N) is 2. The summed E-state index contributed by atoms with van der Waals surface area (Å²) in [6.07, 6.45) is 6.96. The summed E-state index contributed by atoms with van der Waals surface area (Å²) >= 11 is 0. The molecular formula is C25H32N2O2. The van der Waals surface area contributed by atoms with Crippen LogP contribution in [0.3, 0.4) is 0 Å². The molecule has 1 aromatic rings. The molecule has 5 rings (SSSR count). The van der Waals surface area contributed by atoms with Gasteiger partial charge in [-0.2, -0.15) is 0 Å². The van der Waals surface area contributed by atoms with Gasteiger partial charge >= 0.3 is 0 Å². The normalized spacial score (nSPS) is 30.4. The topological polar surface area (TPSA) is 58.2 Å². The van der Waals surface area contributed by atoms with Crippen molar-refractivity contribution in [2.75, 3.05) is 6.54 Å². The second-order valence-electron chi connectivity index (χ2n) is 9.78. The van der Waals surface area contributed by atoms with Crippen molar-refractivity contribution in [1.82, 2.24) is 10.6 Å². The third-order valence-electron chi connectivity index (χ3n) is 7.11. The Morgan fingerprint density at radius 1 is 1.03 bits per heavy atom. The molecule has 0 aromatic heterocycles. The van der Waals surface area contributed by atoms with Crippen LogP contribution in [0, 0.1) is 40.9 Å². The predicted molar refractivity (Wildman–Crippen MR) is 114 cm³/mol. The molecule has 4 aliphatic carbocycles. The molecule has 0 heterocycles. The second-order valence-corrected chi connectivity index (χ2v) is 9.78. The fourth-order valence-corrected chi connectivity index (χ4v) is 6.13. The van der Waals surface area contributed by atoms with Gasteiger partial charge in [-0.25, -0.2) is 0 Å². The first kappa shape index (κ1) is 20.0. The van der Waals surface area contributed by atoms with Crippen molar-refractivity contribution < 1.29 is 9.59 Å². The molecule has 4 bridgehead atoms. The Balaban J connectivity index is 1.36. The van der Waals surface area contributed by atoms with Gasteiger partial charge in [-0.1, -0.05) is 43.9 Å². The lowest BCUT2D eigenvalue weighted by atomic mass is 9.49. The first-order valence-corrected chi connectivity index (χ1v) is 11.1. The van der Waals surface area contributed by atoms with Crippen LogP contribution in [0.15, 0.2) is 30.3 Å². The number of carbonyl (C=O) groups excluding carboxylic acids is 2. The van der Waals surface area contributed by atoms with Gasteiger partial charge in [0.1, 0.15) is 6.04 Å². The number of benzene rings is 1. The van der Waals surface area contributed by atoms with E-state index in [1.807, 2.05) is 44.2 Å².